The van der Waals surface area contributed by atoms with Crippen molar-refractivity contribution >= 4 is 11.3 Å². The van der Waals surface area contributed by atoms with Crippen LogP contribution < -0.4 is 0 Å². The molecule has 3 rings (SSSR count). The molecule has 7 nitrogen and oxygen atoms in total. The van der Waals surface area contributed by atoms with E-state index in [2.05, 4.69) is 37.4 Å². The summed E-state index contributed by atoms with van der Waals surface area (Å²) in [5.41, 5.74) is 1.09. The largest absolute Gasteiger partial charge is 0.378 e. The molecule has 0 saturated carbocycles. The highest BCUT2D eigenvalue weighted by molar-refractivity contribution is 7.09. The molecule has 3 heterocycles. The average molecular weight is 323 g/mol. The van der Waals surface area contributed by atoms with Crippen LogP contribution in [0.15, 0.2) is 5.38 Å². The Hall–Kier alpha value is -1.35. The van der Waals surface area contributed by atoms with Crippen LogP contribution in [0.4, 0.5) is 0 Å². The van der Waals surface area contributed by atoms with Crippen LogP contribution >= 0.6 is 11.3 Å². The number of methoxy groups -OCH3 is 1. The molecule has 0 radical (unpaired) electrons. The van der Waals surface area contributed by atoms with Gasteiger partial charge in [0, 0.05) is 38.5 Å². The summed E-state index contributed by atoms with van der Waals surface area (Å²) in [5, 5.41) is 10.3. The van der Waals surface area contributed by atoms with E-state index in [4.69, 9.17) is 9.47 Å². The van der Waals surface area contributed by atoms with Crippen molar-refractivity contribution in [2.45, 2.75) is 32.6 Å². The Bertz CT molecular complexity index is 600. The van der Waals surface area contributed by atoms with E-state index in [1.54, 1.807) is 18.4 Å². The Morgan fingerprint density at radius 2 is 2.41 bits per heavy atom. The van der Waals surface area contributed by atoms with Crippen molar-refractivity contribution in [1.82, 2.24) is 25.1 Å². The number of rotatable bonds is 6. The highest BCUT2D eigenvalue weighted by Crippen LogP contribution is 2.21. The standard InChI is InChI=1S/C14H21N5O2S/c1-3-12-16-14(18-17-12)11-7-19(4-5-21-11)6-10-9-22-13(15-10)8-20-2/h9,11H,3-8H2,1-2H3,(H,16,17,18). The number of morpholine rings is 1. The Kier molecular flexibility index (Phi) is 5.14. The molecule has 22 heavy (non-hydrogen) atoms. The molecule has 0 amide bonds. The first-order chi connectivity index (χ1) is 10.8. The van der Waals surface area contributed by atoms with Gasteiger partial charge < -0.3 is 9.47 Å². The summed E-state index contributed by atoms with van der Waals surface area (Å²) in [6.07, 6.45) is 0.784. The maximum Gasteiger partial charge on any atom is 0.180 e. The molecular formula is C14H21N5O2S. The van der Waals surface area contributed by atoms with Crippen LogP contribution in [0.2, 0.25) is 0 Å². The van der Waals surface area contributed by atoms with Gasteiger partial charge in [0.25, 0.3) is 0 Å². The molecule has 1 N–H and O–H groups in total. The van der Waals surface area contributed by atoms with Gasteiger partial charge in [-0.2, -0.15) is 5.10 Å². The van der Waals surface area contributed by atoms with Gasteiger partial charge in [-0.15, -0.1) is 11.3 Å². The first-order valence-electron chi connectivity index (χ1n) is 7.45. The molecule has 0 aromatic carbocycles. The fourth-order valence-electron chi connectivity index (χ4n) is 2.45. The van der Waals surface area contributed by atoms with E-state index < -0.39 is 0 Å². The van der Waals surface area contributed by atoms with Crippen LogP contribution in [0.5, 0.6) is 0 Å². The van der Waals surface area contributed by atoms with Crippen molar-refractivity contribution < 1.29 is 9.47 Å². The normalized spacial score (nSPS) is 19.6. The van der Waals surface area contributed by atoms with Gasteiger partial charge in [0.05, 0.1) is 18.9 Å². The lowest BCUT2D eigenvalue weighted by Gasteiger charge is -2.30. The summed E-state index contributed by atoms with van der Waals surface area (Å²) in [7, 11) is 1.69. The summed E-state index contributed by atoms with van der Waals surface area (Å²) >= 11 is 1.64. The lowest BCUT2D eigenvalue weighted by atomic mass is 10.2. The Morgan fingerprint density at radius 3 is 3.18 bits per heavy atom. The number of nitrogens with zero attached hydrogens (tertiary/aromatic N) is 4. The first kappa shape index (κ1) is 15.5. The second kappa shape index (κ2) is 7.28. The SMILES string of the molecule is CCc1nc(C2CN(Cc3csc(COC)n3)CCO2)n[nH]1. The number of aryl methyl sites for hydroxylation is 1. The summed E-state index contributed by atoms with van der Waals surface area (Å²) in [6, 6.07) is 0. The predicted octanol–water partition coefficient (Wildman–Crippen LogP) is 1.54. The number of hydrogen-bond acceptors (Lipinski definition) is 7. The van der Waals surface area contributed by atoms with Gasteiger partial charge in [0.2, 0.25) is 0 Å². The van der Waals surface area contributed by atoms with Crippen LogP contribution in [-0.4, -0.2) is 51.9 Å². The fourth-order valence-corrected chi connectivity index (χ4v) is 3.21. The van der Waals surface area contributed by atoms with Crippen molar-refractivity contribution in [2.75, 3.05) is 26.8 Å². The molecule has 2 aromatic heterocycles. The Labute approximate surface area is 133 Å². The minimum absolute atomic E-state index is 0.0672. The van der Waals surface area contributed by atoms with Crippen molar-refractivity contribution in [2.24, 2.45) is 0 Å². The summed E-state index contributed by atoms with van der Waals surface area (Å²) < 4.78 is 10.9. The van der Waals surface area contributed by atoms with Crippen LogP contribution in [0.25, 0.3) is 0 Å². The molecule has 120 valence electrons. The average Bonchev–Trinajstić information content (AvgIpc) is 3.17. The van der Waals surface area contributed by atoms with Crippen molar-refractivity contribution in [3.8, 4) is 0 Å². The molecule has 2 aromatic rings. The Morgan fingerprint density at radius 1 is 1.50 bits per heavy atom. The summed E-state index contributed by atoms with van der Waals surface area (Å²) in [4.78, 5) is 11.4. The smallest absolute Gasteiger partial charge is 0.180 e. The number of ether oxygens (including phenoxy) is 2. The minimum Gasteiger partial charge on any atom is -0.378 e. The molecule has 1 aliphatic rings. The van der Waals surface area contributed by atoms with E-state index in [1.165, 1.54) is 0 Å². The van der Waals surface area contributed by atoms with Gasteiger partial charge in [0.1, 0.15) is 16.9 Å². The number of nitrogens with one attached hydrogen (secondary N) is 1. The van der Waals surface area contributed by atoms with Crippen LogP contribution in [-0.2, 0) is 29.0 Å². The second-order valence-electron chi connectivity index (χ2n) is 5.25. The highest BCUT2D eigenvalue weighted by Gasteiger charge is 2.25. The van der Waals surface area contributed by atoms with Crippen LogP contribution in [0.1, 0.15) is 35.4 Å². The maximum atomic E-state index is 5.81. The highest BCUT2D eigenvalue weighted by atomic mass is 32.1. The van der Waals surface area contributed by atoms with E-state index in [0.29, 0.717) is 13.2 Å². The van der Waals surface area contributed by atoms with Crippen molar-refractivity contribution in [3.63, 3.8) is 0 Å². The number of aromatic amines is 1. The number of hydrogen-bond donors (Lipinski definition) is 1. The molecule has 1 atom stereocenters. The van der Waals surface area contributed by atoms with Crippen LogP contribution in [0, 0.1) is 0 Å². The van der Waals surface area contributed by atoms with Crippen LogP contribution in [0.3, 0.4) is 0 Å². The maximum absolute atomic E-state index is 5.81. The third kappa shape index (κ3) is 3.70. The lowest BCUT2D eigenvalue weighted by molar-refractivity contribution is -0.0374. The quantitative estimate of drug-likeness (QED) is 0.869. The molecule has 0 aliphatic carbocycles. The Balaban J connectivity index is 1.60. The van der Waals surface area contributed by atoms with Gasteiger partial charge in [-0.25, -0.2) is 9.97 Å². The van der Waals surface area contributed by atoms with Crippen molar-refractivity contribution in [1.29, 1.82) is 0 Å². The third-order valence-electron chi connectivity index (χ3n) is 3.58. The molecule has 0 bridgehead atoms. The number of H-pyrrole nitrogens is 1. The van der Waals surface area contributed by atoms with E-state index in [1.807, 2.05) is 0 Å². The molecular weight excluding hydrogens is 302 g/mol. The number of aromatic nitrogens is 4. The number of thiazole rings is 1. The minimum atomic E-state index is -0.0672. The zero-order valence-corrected chi connectivity index (χ0v) is 13.7. The molecule has 1 fully saturated rings. The van der Waals surface area contributed by atoms with Gasteiger partial charge in [-0.1, -0.05) is 6.92 Å². The molecule has 1 aliphatic heterocycles. The topological polar surface area (TPSA) is 76.2 Å². The fraction of sp³-hybridized carbons (Fsp3) is 0.643. The lowest BCUT2D eigenvalue weighted by Crippen LogP contribution is -2.38. The van der Waals surface area contributed by atoms with E-state index in [9.17, 15) is 0 Å². The summed E-state index contributed by atoms with van der Waals surface area (Å²) in [6.45, 7) is 5.84. The van der Waals surface area contributed by atoms with Gasteiger partial charge in [-0.3, -0.25) is 10.00 Å². The zero-order chi connectivity index (χ0) is 15.4. The third-order valence-corrected chi connectivity index (χ3v) is 4.45. The van der Waals surface area contributed by atoms with Crippen molar-refractivity contribution in [3.05, 3.63) is 27.7 Å². The molecule has 1 saturated heterocycles. The van der Waals surface area contributed by atoms with Gasteiger partial charge in [-0.05, 0) is 0 Å². The molecule has 1 unspecified atom stereocenters. The summed E-state index contributed by atoms with van der Waals surface area (Å²) in [5.74, 6) is 1.65. The van der Waals surface area contributed by atoms with Gasteiger partial charge in [0.15, 0.2) is 5.82 Å². The van der Waals surface area contributed by atoms with E-state index >= 15 is 0 Å². The monoisotopic (exact) mass is 323 g/mol. The van der Waals surface area contributed by atoms with E-state index in [0.717, 1.165) is 48.4 Å². The molecule has 8 heteroatoms. The second-order valence-corrected chi connectivity index (χ2v) is 6.20. The van der Waals surface area contributed by atoms with E-state index in [-0.39, 0.29) is 6.10 Å². The van der Waals surface area contributed by atoms with Gasteiger partial charge >= 0.3 is 0 Å². The zero-order valence-electron chi connectivity index (χ0n) is 12.9. The molecule has 0 spiro atoms. The predicted molar refractivity (Wildman–Crippen MR) is 82.6 cm³/mol. The first-order valence-corrected chi connectivity index (χ1v) is 8.33.